The maximum absolute atomic E-state index is 12.6. The van der Waals surface area contributed by atoms with Crippen LogP contribution in [0.1, 0.15) is 18.9 Å². The van der Waals surface area contributed by atoms with Gasteiger partial charge in [-0.05, 0) is 48.6 Å². The van der Waals surface area contributed by atoms with Gasteiger partial charge in [-0.1, -0.05) is 19.1 Å². The van der Waals surface area contributed by atoms with Crippen LogP contribution in [0.3, 0.4) is 0 Å². The highest BCUT2D eigenvalue weighted by Gasteiger charge is 2.36. The number of hydrogen-bond acceptors (Lipinski definition) is 6. The molecule has 1 aromatic carbocycles. The summed E-state index contributed by atoms with van der Waals surface area (Å²) in [6.07, 6.45) is 2.92. The molecule has 8 nitrogen and oxygen atoms in total. The van der Waals surface area contributed by atoms with E-state index >= 15 is 0 Å². The minimum Gasteiger partial charge on any atom is -0.383 e. The molecule has 0 bridgehead atoms. The lowest BCUT2D eigenvalue weighted by molar-refractivity contribution is -0.131. The Morgan fingerprint density at radius 2 is 2.00 bits per heavy atom. The van der Waals surface area contributed by atoms with Crippen LogP contribution in [-0.4, -0.2) is 46.0 Å². The van der Waals surface area contributed by atoms with Crippen molar-refractivity contribution >= 4 is 11.7 Å². The molecule has 0 aliphatic carbocycles. The summed E-state index contributed by atoms with van der Waals surface area (Å²) >= 11 is 0. The van der Waals surface area contributed by atoms with Crippen LogP contribution in [0.5, 0.6) is 0 Å². The van der Waals surface area contributed by atoms with Crippen molar-refractivity contribution < 1.29 is 4.79 Å². The Kier molecular flexibility index (Phi) is 5.29. The van der Waals surface area contributed by atoms with Crippen LogP contribution in [0.15, 0.2) is 41.3 Å². The Morgan fingerprint density at radius 3 is 2.59 bits per heavy atom. The topological polar surface area (TPSA) is 133 Å². The lowest BCUT2D eigenvalue weighted by Gasteiger charge is -2.24. The molecule has 0 radical (unpaired) electrons. The van der Waals surface area contributed by atoms with Crippen LogP contribution >= 0.6 is 0 Å². The van der Waals surface area contributed by atoms with Crippen molar-refractivity contribution in [3.05, 3.63) is 52.6 Å². The number of benzene rings is 1. The number of likely N-dealkylation sites (tertiary alicyclic amines) is 1. The van der Waals surface area contributed by atoms with Crippen LogP contribution in [-0.2, 0) is 11.2 Å². The number of carbonyl (C=O) groups excluding carboxylic acids is 1. The summed E-state index contributed by atoms with van der Waals surface area (Å²) < 4.78 is 1.41. The molecule has 2 aromatic rings. The summed E-state index contributed by atoms with van der Waals surface area (Å²) in [6.45, 7) is 4.01. The van der Waals surface area contributed by atoms with E-state index in [1.807, 2.05) is 17.0 Å². The molecule has 2 atom stereocenters. The Morgan fingerprint density at radius 1 is 1.30 bits per heavy atom. The molecule has 0 spiro atoms. The predicted molar refractivity (Wildman–Crippen MR) is 104 cm³/mol. The summed E-state index contributed by atoms with van der Waals surface area (Å²) in [6, 6.07) is 8.28. The van der Waals surface area contributed by atoms with Gasteiger partial charge in [0.15, 0.2) is 0 Å². The molecule has 1 aromatic heterocycles. The zero-order valence-corrected chi connectivity index (χ0v) is 15.5. The van der Waals surface area contributed by atoms with Crippen LogP contribution in [0.25, 0.3) is 5.69 Å². The number of nitrogens with two attached hydrogens (primary N) is 3. The van der Waals surface area contributed by atoms with E-state index in [0.717, 1.165) is 12.0 Å². The predicted octanol–water partition coefficient (Wildman–Crippen LogP) is -0.118. The third-order valence-electron chi connectivity index (χ3n) is 5.17. The average Bonchev–Trinajstić information content (AvgIpc) is 3.05. The van der Waals surface area contributed by atoms with Crippen LogP contribution in [0.4, 0.5) is 5.82 Å². The fraction of sp³-hybridized carbons (Fsp3) is 0.421. The standard InChI is InChI=1S/C19H26N6O2/c1-19(11-20)7-9-24(12-19)17(26)15(21)10-13-2-4-14(5-3-13)25-8-6-16(22)23-18(25)27/h2-6,8,15H,7,9-12,20-21H2,1H3,(H2,22,23,27)/t15-,19?/m0/s1. The second kappa shape index (κ2) is 7.50. The molecular formula is C19H26N6O2. The lowest BCUT2D eigenvalue weighted by atomic mass is 9.90. The van der Waals surface area contributed by atoms with E-state index in [9.17, 15) is 9.59 Å². The first kappa shape index (κ1) is 19.1. The smallest absolute Gasteiger partial charge is 0.354 e. The van der Waals surface area contributed by atoms with E-state index in [-0.39, 0.29) is 17.1 Å². The van der Waals surface area contributed by atoms with Gasteiger partial charge < -0.3 is 22.1 Å². The SMILES string of the molecule is CC1(CN)CCN(C(=O)[C@@H](N)Cc2ccc(-n3ccc(N)nc3=O)cc2)C1. The number of amides is 1. The van der Waals surface area contributed by atoms with E-state index in [2.05, 4.69) is 11.9 Å². The van der Waals surface area contributed by atoms with Crippen LogP contribution < -0.4 is 22.9 Å². The fourth-order valence-electron chi connectivity index (χ4n) is 3.36. The fourth-order valence-corrected chi connectivity index (χ4v) is 3.36. The Labute approximate surface area is 158 Å². The number of rotatable bonds is 5. The highest BCUT2D eigenvalue weighted by atomic mass is 16.2. The first-order valence-corrected chi connectivity index (χ1v) is 9.00. The molecule has 1 aliphatic heterocycles. The molecule has 1 amide bonds. The monoisotopic (exact) mass is 370 g/mol. The third-order valence-corrected chi connectivity index (χ3v) is 5.17. The lowest BCUT2D eigenvalue weighted by Crippen LogP contribution is -2.45. The van der Waals surface area contributed by atoms with Gasteiger partial charge in [0.05, 0.1) is 11.7 Å². The normalized spacial score (nSPS) is 20.6. The molecule has 0 saturated carbocycles. The molecule has 1 fully saturated rings. The molecule has 1 saturated heterocycles. The number of hydrogen-bond donors (Lipinski definition) is 3. The van der Waals surface area contributed by atoms with Crippen molar-refractivity contribution in [2.75, 3.05) is 25.4 Å². The first-order chi connectivity index (χ1) is 12.8. The zero-order chi connectivity index (χ0) is 19.6. The molecule has 1 aliphatic rings. The van der Waals surface area contributed by atoms with E-state index in [1.54, 1.807) is 24.4 Å². The van der Waals surface area contributed by atoms with Gasteiger partial charge in [-0.25, -0.2) is 4.79 Å². The van der Waals surface area contributed by atoms with Gasteiger partial charge in [-0.15, -0.1) is 0 Å². The summed E-state index contributed by atoms with van der Waals surface area (Å²) in [7, 11) is 0. The Hall–Kier alpha value is -2.71. The van der Waals surface area contributed by atoms with Crippen molar-refractivity contribution in [3.8, 4) is 5.69 Å². The van der Waals surface area contributed by atoms with Gasteiger partial charge in [0.2, 0.25) is 5.91 Å². The van der Waals surface area contributed by atoms with Crippen molar-refractivity contribution in [3.63, 3.8) is 0 Å². The minimum atomic E-state index is -0.600. The van der Waals surface area contributed by atoms with Gasteiger partial charge in [-0.2, -0.15) is 4.98 Å². The molecule has 1 unspecified atom stereocenters. The van der Waals surface area contributed by atoms with E-state index in [1.165, 1.54) is 4.57 Å². The second-order valence-electron chi connectivity index (χ2n) is 7.51. The number of anilines is 1. The van der Waals surface area contributed by atoms with E-state index in [0.29, 0.717) is 31.7 Å². The average molecular weight is 370 g/mol. The highest BCUT2D eigenvalue weighted by molar-refractivity contribution is 5.82. The highest BCUT2D eigenvalue weighted by Crippen LogP contribution is 2.28. The second-order valence-corrected chi connectivity index (χ2v) is 7.51. The molecule has 6 N–H and O–H groups in total. The summed E-state index contributed by atoms with van der Waals surface area (Å²) in [5.74, 6) is 0.139. The minimum absolute atomic E-state index is 0.0165. The number of aromatic nitrogens is 2. The number of nitrogens with zero attached hydrogens (tertiary/aromatic N) is 3. The number of nitrogen functional groups attached to an aromatic ring is 1. The molecule has 2 heterocycles. The van der Waals surface area contributed by atoms with Gasteiger partial charge >= 0.3 is 5.69 Å². The van der Waals surface area contributed by atoms with Gasteiger partial charge in [0.25, 0.3) is 0 Å². The van der Waals surface area contributed by atoms with Crippen molar-refractivity contribution in [2.45, 2.75) is 25.8 Å². The van der Waals surface area contributed by atoms with E-state index < -0.39 is 11.7 Å². The van der Waals surface area contributed by atoms with Crippen molar-refractivity contribution in [1.29, 1.82) is 0 Å². The molecule has 3 rings (SSSR count). The van der Waals surface area contributed by atoms with Gasteiger partial charge in [0.1, 0.15) is 5.82 Å². The summed E-state index contributed by atoms with van der Waals surface area (Å²) in [4.78, 5) is 30.0. The maximum Gasteiger partial charge on any atom is 0.354 e. The third kappa shape index (κ3) is 4.17. The molecular weight excluding hydrogens is 344 g/mol. The van der Waals surface area contributed by atoms with Crippen molar-refractivity contribution in [2.24, 2.45) is 16.9 Å². The summed E-state index contributed by atoms with van der Waals surface area (Å²) in [5, 5.41) is 0. The van der Waals surface area contributed by atoms with Crippen molar-refractivity contribution in [1.82, 2.24) is 14.5 Å². The van der Waals surface area contributed by atoms with Crippen LogP contribution in [0, 0.1) is 5.41 Å². The molecule has 8 heteroatoms. The van der Waals surface area contributed by atoms with Crippen LogP contribution in [0.2, 0.25) is 0 Å². The molecule has 27 heavy (non-hydrogen) atoms. The Balaban J connectivity index is 1.66. The first-order valence-electron chi connectivity index (χ1n) is 9.00. The van der Waals surface area contributed by atoms with Gasteiger partial charge in [-0.3, -0.25) is 9.36 Å². The van der Waals surface area contributed by atoms with Gasteiger partial charge in [0, 0.05) is 19.3 Å². The zero-order valence-electron chi connectivity index (χ0n) is 15.5. The molecule has 144 valence electrons. The quantitative estimate of drug-likeness (QED) is 0.672. The maximum atomic E-state index is 12.6. The Bertz CT molecular complexity index is 879. The summed E-state index contributed by atoms with van der Waals surface area (Å²) in [5.41, 5.74) is 18.6. The van der Waals surface area contributed by atoms with E-state index in [4.69, 9.17) is 17.2 Å². The number of carbonyl (C=O) groups is 1. The largest absolute Gasteiger partial charge is 0.383 e.